The van der Waals surface area contributed by atoms with E-state index in [1.165, 1.54) is 10.4 Å². The quantitative estimate of drug-likeness (QED) is 0.777. The van der Waals surface area contributed by atoms with Crippen LogP contribution in [0.5, 0.6) is 0 Å². The van der Waals surface area contributed by atoms with Crippen LogP contribution in [0.25, 0.3) is 11.0 Å². The van der Waals surface area contributed by atoms with Gasteiger partial charge in [-0.15, -0.1) is 0 Å². The molecule has 3 rings (SSSR count). The summed E-state index contributed by atoms with van der Waals surface area (Å²) in [6.45, 7) is 5.89. The van der Waals surface area contributed by atoms with Crippen molar-refractivity contribution < 1.29 is 22.4 Å². The number of carbonyl (C=O) groups excluding carboxylic acids is 1. The second-order valence-electron chi connectivity index (χ2n) is 6.34. The van der Waals surface area contributed by atoms with E-state index >= 15 is 0 Å². The second-order valence-corrected chi connectivity index (χ2v) is 8.28. The first kappa shape index (κ1) is 18.9. The van der Waals surface area contributed by atoms with Gasteiger partial charge < -0.3 is 14.5 Å². The number of nitrogens with zero attached hydrogens (tertiary/aromatic N) is 1. The normalized spacial score (nSPS) is 16.1. The molecule has 7 nitrogen and oxygen atoms in total. The molecule has 1 aromatic carbocycles. The third-order valence-corrected chi connectivity index (χ3v) is 6.43. The van der Waals surface area contributed by atoms with Crippen LogP contribution < -0.4 is 5.32 Å². The molecule has 0 radical (unpaired) electrons. The number of hydrogen-bond acceptors (Lipinski definition) is 5. The van der Waals surface area contributed by atoms with Crippen LogP contribution in [0.4, 0.5) is 0 Å². The van der Waals surface area contributed by atoms with Crippen LogP contribution in [0.1, 0.15) is 35.9 Å². The molecule has 0 saturated carbocycles. The van der Waals surface area contributed by atoms with Crippen LogP contribution in [0, 0.1) is 6.92 Å². The second kappa shape index (κ2) is 7.77. The minimum absolute atomic E-state index is 0.203. The largest absolute Gasteiger partial charge is 0.451 e. The summed E-state index contributed by atoms with van der Waals surface area (Å²) in [5.74, 6) is -0.0400. The fourth-order valence-corrected chi connectivity index (χ4v) is 4.41. The van der Waals surface area contributed by atoms with Crippen molar-refractivity contribution in [3.8, 4) is 0 Å². The Kier molecular flexibility index (Phi) is 5.64. The van der Waals surface area contributed by atoms with Gasteiger partial charge in [-0.1, -0.05) is 13.3 Å². The van der Waals surface area contributed by atoms with E-state index in [1.54, 1.807) is 19.1 Å². The topological polar surface area (TPSA) is 88.8 Å². The van der Waals surface area contributed by atoms with Gasteiger partial charge in [-0.25, -0.2) is 8.42 Å². The molecular formula is C18H24N2O5S. The Bertz CT molecular complexity index is 898. The number of nitrogens with one attached hydrogen (secondary N) is 1. The lowest BCUT2D eigenvalue weighted by Gasteiger charge is -2.26. The molecule has 1 fully saturated rings. The molecule has 0 atom stereocenters. The predicted molar refractivity (Wildman–Crippen MR) is 97.8 cm³/mol. The molecule has 1 N–H and O–H groups in total. The van der Waals surface area contributed by atoms with Gasteiger partial charge in [0.1, 0.15) is 5.58 Å². The maximum atomic E-state index is 12.8. The summed E-state index contributed by atoms with van der Waals surface area (Å²) in [6, 6.07) is 4.72. The highest BCUT2D eigenvalue weighted by Gasteiger charge is 2.27. The molecule has 26 heavy (non-hydrogen) atoms. The number of fused-ring (bicyclic) bond motifs is 1. The predicted octanol–water partition coefficient (Wildman–Crippen LogP) is 2.29. The molecule has 1 saturated heterocycles. The average molecular weight is 380 g/mol. The van der Waals surface area contributed by atoms with Gasteiger partial charge in [0.25, 0.3) is 5.91 Å². The lowest BCUT2D eigenvalue weighted by molar-refractivity contribution is 0.0730. The van der Waals surface area contributed by atoms with Gasteiger partial charge in [0, 0.05) is 30.6 Å². The van der Waals surface area contributed by atoms with Crippen LogP contribution in [0.2, 0.25) is 0 Å². The third kappa shape index (κ3) is 3.62. The first-order valence-corrected chi connectivity index (χ1v) is 10.3. The van der Waals surface area contributed by atoms with E-state index in [0.29, 0.717) is 49.4 Å². The summed E-state index contributed by atoms with van der Waals surface area (Å²) in [4.78, 5) is 12.5. The lowest BCUT2D eigenvalue weighted by atomic mass is 10.1. The average Bonchev–Trinajstić information content (AvgIpc) is 2.99. The molecule has 1 aliphatic rings. The van der Waals surface area contributed by atoms with Gasteiger partial charge >= 0.3 is 0 Å². The molecule has 1 aromatic heterocycles. The van der Waals surface area contributed by atoms with E-state index in [1.807, 2.05) is 0 Å². The number of sulfonamides is 1. The van der Waals surface area contributed by atoms with Crippen LogP contribution in [-0.2, 0) is 14.8 Å². The minimum Gasteiger partial charge on any atom is -0.451 e. The van der Waals surface area contributed by atoms with E-state index < -0.39 is 10.0 Å². The van der Waals surface area contributed by atoms with Gasteiger partial charge in [-0.3, -0.25) is 4.79 Å². The molecule has 0 bridgehead atoms. The van der Waals surface area contributed by atoms with E-state index in [9.17, 15) is 13.2 Å². The first-order chi connectivity index (χ1) is 12.4. The minimum atomic E-state index is -3.59. The Morgan fingerprint density at radius 2 is 2.00 bits per heavy atom. The van der Waals surface area contributed by atoms with Crippen molar-refractivity contribution in [2.24, 2.45) is 0 Å². The zero-order valence-corrected chi connectivity index (χ0v) is 15.9. The van der Waals surface area contributed by atoms with Gasteiger partial charge in [0.05, 0.1) is 18.1 Å². The Balaban J connectivity index is 1.91. The Hall–Kier alpha value is -1.90. The Labute approximate surface area is 153 Å². The smallest absolute Gasteiger partial charge is 0.287 e. The molecule has 1 amide bonds. The summed E-state index contributed by atoms with van der Waals surface area (Å²) in [6.07, 6.45) is 1.88. The summed E-state index contributed by atoms with van der Waals surface area (Å²) in [7, 11) is -3.59. The van der Waals surface area contributed by atoms with Crippen molar-refractivity contribution in [1.82, 2.24) is 9.62 Å². The number of ether oxygens (including phenoxy) is 1. The van der Waals surface area contributed by atoms with Crippen LogP contribution >= 0.6 is 0 Å². The fraction of sp³-hybridized carbons (Fsp3) is 0.500. The fourth-order valence-electron chi connectivity index (χ4n) is 2.97. The van der Waals surface area contributed by atoms with Crippen molar-refractivity contribution >= 4 is 26.9 Å². The van der Waals surface area contributed by atoms with Crippen molar-refractivity contribution in [3.63, 3.8) is 0 Å². The van der Waals surface area contributed by atoms with Crippen LogP contribution in [0.15, 0.2) is 27.5 Å². The zero-order chi connectivity index (χ0) is 18.7. The van der Waals surface area contributed by atoms with Gasteiger partial charge in [-0.05, 0) is 31.5 Å². The van der Waals surface area contributed by atoms with E-state index in [2.05, 4.69) is 12.2 Å². The standard InChI is InChI=1S/C18H24N2O5S/c1-3-4-7-19-18(21)17-13(2)15-12-14(5-6-16(15)25-17)26(22,23)20-8-10-24-11-9-20/h5-6,12H,3-4,7-11H2,1-2H3,(H,19,21). The number of furan rings is 1. The highest BCUT2D eigenvalue weighted by Crippen LogP contribution is 2.29. The monoisotopic (exact) mass is 380 g/mol. The number of benzene rings is 1. The molecule has 2 aromatic rings. The molecule has 0 spiro atoms. The summed E-state index contributed by atoms with van der Waals surface area (Å²) < 4.78 is 37.9. The number of carbonyl (C=O) groups is 1. The molecule has 142 valence electrons. The van der Waals surface area contributed by atoms with E-state index in [-0.39, 0.29) is 16.6 Å². The van der Waals surface area contributed by atoms with Crippen molar-refractivity contribution in [1.29, 1.82) is 0 Å². The lowest BCUT2D eigenvalue weighted by Crippen LogP contribution is -2.40. The summed E-state index contributed by atoms with van der Waals surface area (Å²) in [5, 5.41) is 3.46. The molecule has 2 heterocycles. The number of amides is 1. The van der Waals surface area contributed by atoms with E-state index in [4.69, 9.17) is 9.15 Å². The molecule has 1 aliphatic heterocycles. The maximum Gasteiger partial charge on any atom is 0.287 e. The van der Waals surface area contributed by atoms with Crippen molar-refractivity contribution in [3.05, 3.63) is 29.5 Å². The van der Waals surface area contributed by atoms with E-state index in [0.717, 1.165) is 12.8 Å². The van der Waals surface area contributed by atoms with Gasteiger partial charge in [-0.2, -0.15) is 4.31 Å². The van der Waals surface area contributed by atoms with Crippen LogP contribution in [0.3, 0.4) is 0 Å². The number of rotatable bonds is 6. The van der Waals surface area contributed by atoms with Gasteiger partial charge in [0.15, 0.2) is 5.76 Å². The van der Waals surface area contributed by atoms with Crippen LogP contribution in [-0.4, -0.2) is 51.5 Å². The molecule has 0 aliphatic carbocycles. The summed E-state index contributed by atoms with van der Waals surface area (Å²) >= 11 is 0. The molecular weight excluding hydrogens is 356 g/mol. The molecule has 0 unspecified atom stereocenters. The van der Waals surface area contributed by atoms with Gasteiger partial charge in [0.2, 0.25) is 10.0 Å². The zero-order valence-electron chi connectivity index (χ0n) is 15.1. The SMILES string of the molecule is CCCCNC(=O)c1oc2ccc(S(=O)(=O)N3CCOCC3)cc2c1C. The number of morpholine rings is 1. The first-order valence-electron chi connectivity index (χ1n) is 8.84. The number of unbranched alkanes of at least 4 members (excludes halogenated alkanes) is 1. The highest BCUT2D eigenvalue weighted by molar-refractivity contribution is 7.89. The van der Waals surface area contributed by atoms with Crippen molar-refractivity contribution in [2.75, 3.05) is 32.8 Å². The Morgan fingerprint density at radius 3 is 2.69 bits per heavy atom. The van der Waals surface area contributed by atoms with Crippen molar-refractivity contribution in [2.45, 2.75) is 31.6 Å². The number of hydrogen-bond donors (Lipinski definition) is 1. The Morgan fingerprint density at radius 1 is 1.27 bits per heavy atom. The highest BCUT2D eigenvalue weighted by atomic mass is 32.2. The summed E-state index contributed by atoms with van der Waals surface area (Å²) in [5.41, 5.74) is 1.15. The maximum absolute atomic E-state index is 12.8. The third-order valence-electron chi connectivity index (χ3n) is 4.54. The molecule has 8 heteroatoms. The number of aryl methyl sites for hydroxylation is 1.